The van der Waals surface area contributed by atoms with E-state index in [1.807, 2.05) is 0 Å². The number of alkyl halides is 2. The molecule has 2 rings (SSSR count). The van der Waals surface area contributed by atoms with Gasteiger partial charge in [-0.05, 0) is 12.1 Å². The molecule has 0 unspecified atom stereocenters. The third-order valence-corrected chi connectivity index (χ3v) is 3.14. The summed E-state index contributed by atoms with van der Waals surface area (Å²) in [6.07, 6.45) is 0. The third-order valence-electron chi connectivity index (χ3n) is 3.14. The molecule has 0 amide bonds. The van der Waals surface area contributed by atoms with Crippen LogP contribution in [0.15, 0.2) is 18.2 Å². The number of halogens is 2. The maximum absolute atomic E-state index is 13.3. The van der Waals surface area contributed by atoms with Crippen molar-refractivity contribution in [2.75, 3.05) is 38.2 Å². The molecule has 1 heterocycles. The van der Waals surface area contributed by atoms with E-state index in [0.29, 0.717) is 5.75 Å². The van der Waals surface area contributed by atoms with E-state index in [4.69, 9.17) is 4.74 Å². The van der Waals surface area contributed by atoms with Crippen LogP contribution < -0.4 is 15.0 Å². The second kappa shape index (κ2) is 5.10. The fourth-order valence-corrected chi connectivity index (χ4v) is 2.12. The predicted molar refractivity (Wildman–Crippen MR) is 67.6 cm³/mol. The molecular formula is C13H18F2N2O. The Morgan fingerprint density at radius 2 is 1.94 bits per heavy atom. The maximum Gasteiger partial charge on any atom is 0.270 e. The number of piperazine rings is 1. The van der Waals surface area contributed by atoms with Crippen LogP contribution in [0.5, 0.6) is 5.75 Å². The summed E-state index contributed by atoms with van der Waals surface area (Å²) in [5.74, 6) is -2.33. The summed E-state index contributed by atoms with van der Waals surface area (Å²) in [4.78, 5) is 2.15. The summed E-state index contributed by atoms with van der Waals surface area (Å²) in [6.45, 7) is 4.41. The minimum Gasteiger partial charge on any atom is -0.495 e. The number of benzene rings is 1. The lowest BCUT2D eigenvalue weighted by molar-refractivity contribution is 0.0173. The lowest BCUT2D eigenvalue weighted by atomic mass is 10.1. The molecule has 1 N–H and O–H groups in total. The number of rotatable bonds is 3. The molecule has 0 atom stereocenters. The van der Waals surface area contributed by atoms with Gasteiger partial charge in [0.15, 0.2) is 0 Å². The third kappa shape index (κ3) is 2.72. The molecule has 1 aromatic carbocycles. The van der Waals surface area contributed by atoms with Crippen molar-refractivity contribution in [2.24, 2.45) is 0 Å². The van der Waals surface area contributed by atoms with E-state index in [1.54, 1.807) is 6.07 Å². The quantitative estimate of drug-likeness (QED) is 0.897. The van der Waals surface area contributed by atoms with Gasteiger partial charge in [-0.25, -0.2) is 8.78 Å². The number of hydrogen-bond acceptors (Lipinski definition) is 3. The molecular weight excluding hydrogens is 238 g/mol. The Morgan fingerprint density at radius 3 is 2.50 bits per heavy atom. The van der Waals surface area contributed by atoms with Gasteiger partial charge in [-0.3, -0.25) is 0 Å². The Labute approximate surface area is 106 Å². The van der Waals surface area contributed by atoms with E-state index in [9.17, 15) is 8.78 Å². The van der Waals surface area contributed by atoms with E-state index in [2.05, 4.69) is 10.2 Å². The van der Waals surface area contributed by atoms with Gasteiger partial charge >= 0.3 is 0 Å². The summed E-state index contributed by atoms with van der Waals surface area (Å²) < 4.78 is 31.8. The zero-order chi connectivity index (χ0) is 13.2. The highest BCUT2D eigenvalue weighted by molar-refractivity contribution is 5.60. The largest absolute Gasteiger partial charge is 0.495 e. The van der Waals surface area contributed by atoms with Crippen molar-refractivity contribution in [1.82, 2.24) is 5.32 Å². The van der Waals surface area contributed by atoms with Crippen molar-refractivity contribution in [1.29, 1.82) is 0 Å². The van der Waals surface area contributed by atoms with Crippen LogP contribution in [0.2, 0.25) is 0 Å². The summed E-state index contributed by atoms with van der Waals surface area (Å²) in [6, 6.07) is 4.62. The van der Waals surface area contributed by atoms with Crippen LogP contribution >= 0.6 is 0 Å². The monoisotopic (exact) mass is 256 g/mol. The van der Waals surface area contributed by atoms with Crippen LogP contribution in [-0.2, 0) is 5.92 Å². The summed E-state index contributed by atoms with van der Waals surface area (Å²) in [7, 11) is 1.51. The van der Waals surface area contributed by atoms with E-state index in [0.717, 1.165) is 38.8 Å². The van der Waals surface area contributed by atoms with Crippen molar-refractivity contribution in [3.8, 4) is 5.75 Å². The molecule has 18 heavy (non-hydrogen) atoms. The van der Waals surface area contributed by atoms with Gasteiger partial charge in [0.05, 0.1) is 12.8 Å². The van der Waals surface area contributed by atoms with Crippen LogP contribution in [0, 0.1) is 0 Å². The van der Waals surface area contributed by atoms with Gasteiger partial charge in [-0.1, -0.05) is 6.07 Å². The van der Waals surface area contributed by atoms with E-state index in [1.165, 1.54) is 19.2 Å². The Kier molecular flexibility index (Phi) is 3.71. The molecule has 0 aromatic heterocycles. The van der Waals surface area contributed by atoms with Gasteiger partial charge < -0.3 is 15.0 Å². The zero-order valence-corrected chi connectivity index (χ0v) is 10.7. The van der Waals surface area contributed by atoms with Gasteiger partial charge in [-0.15, -0.1) is 0 Å². The summed E-state index contributed by atoms with van der Waals surface area (Å²) in [5, 5.41) is 3.26. The zero-order valence-electron chi connectivity index (χ0n) is 10.7. The van der Waals surface area contributed by atoms with Crippen molar-refractivity contribution in [3.05, 3.63) is 23.8 Å². The Morgan fingerprint density at radius 1 is 1.28 bits per heavy atom. The first kappa shape index (κ1) is 13.1. The Hall–Kier alpha value is -1.36. The first-order valence-electron chi connectivity index (χ1n) is 6.04. The highest BCUT2D eigenvalue weighted by Gasteiger charge is 2.26. The molecule has 1 saturated heterocycles. The molecule has 1 aliphatic rings. The lowest BCUT2D eigenvalue weighted by Crippen LogP contribution is -2.43. The summed E-state index contributed by atoms with van der Waals surface area (Å²) >= 11 is 0. The number of hydrogen-bond donors (Lipinski definition) is 1. The van der Waals surface area contributed by atoms with Crippen molar-refractivity contribution in [2.45, 2.75) is 12.8 Å². The van der Waals surface area contributed by atoms with Gasteiger partial charge in [0.2, 0.25) is 0 Å². The molecule has 1 aromatic rings. The highest BCUT2D eigenvalue weighted by atomic mass is 19.3. The van der Waals surface area contributed by atoms with E-state index >= 15 is 0 Å². The lowest BCUT2D eigenvalue weighted by Gasteiger charge is -2.31. The Bertz CT molecular complexity index is 412. The highest BCUT2D eigenvalue weighted by Crippen LogP contribution is 2.35. The molecule has 100 valence electrons. The first-order chi connectivity index (χ1) is 8.52. The van der Waals surface area contributed by atoms with Crippen LogP contribution in [0.25, 0.3) is 0 Å². The normalized spacial score (nSPS) is 16.8. The standard InChI is InChI=1S/C13H18F2N2O/c1-13(14,15)10-3-4-11(12(9-10)18-2)17-7-5-16-6-8-17/h3-4,9,16H,5-8H2,1-2H3. The molecule has 0 bridgehead atoms. The number of methoxy groups -OCH3 is 1. The van der Waals surface area contributed by atoms with Gasteiger partial charge in [0.25, 0.3) is 5.92 Å². The van der Waals surface area contributed by atoms with Crippen LogP contribution in [0.4, 0.5) is 14.5 Å². The minimum atomic E-state index is -2.84. The SMILES string of the molecule is COc1cc(C(C)(F)F)ccc1N1CCNCC1. The molecule has 1 fully saturated rings. The maximum atomic E-state index is 13.3. The number of anilines is 1. The fourth-order valence-electron chi connectivity index (χ4n) is 2.12. The predicted octanol–water partition coefficient (Wildman–Crippen LogP) is 2.22. The summed E-state index contributed by atoms with van der Waals surface area (Å²) in [5.41, 5.74) is 0.866. The molecule has 0 radical (unpaired) electrons. The van der Waals surface area contributed by atoms with Crippen molar-refractivity contribution >= 4 is 5.69 Å². The second-order valence-electron chi connectivity index (χ2n) is 4.51. The van der Waals surface area contributed by atoms with Gasteiger partial charge in [0, 0.05) is 38.7 Å². The molecule has 0 saturated carbocycles. The minimum absolute atomic E-state index is 0.0155. The first-order valence-corrected chi connectivity index (χ1v) is 6.04. The van der Waals surface area contributed by atoms with E-state index in [-0.39, 0.29) is 5.56 Å². The van der Waals surface area contributed by atoms with Crippen molar-refractivity contribution < 1.29 is 13.5 Å². The smallest absolute Gasteiger partial charge is 0.270 e. The Balaban J connectivity index is 2.30. The average Bonchev–Trinajstić information content (AvgIpc) is 2.38. The van der Waals surface area contributed by atoms with Gasteiger partial charge in [-0.2, -0.15) is 0 Å². The average molecular weight is 256 g/mol. The fraction of sp³-hybridized carbons (Fsp3) is 0.538. The number of nitrogens with one attached hydrogen (secondary N) is 1. The van der Waals surface area contributed by atoms with Crippen molar-refractivity contribution in [3.63, 3.8) is 0 Å². The molecule has 3 nitrogen and oxygen atoms in total. The van der Waals surface area contributed by atoms with Crippen LogP contribution in [0.3, 0.4) is 0 Å². The van der Waals surface area contributed by atoms with E-state index < -0.39 is 5.92 Å². The number of ether oxygens (including phenoxy) is 1. The molecule has 1 aliphatic heterocycles. The topological polar surface area (TPSA) is 24.5 Å². The van der Waals surface area contributed by atoms with Gasteiger partial charge in [0.1, 0.15) is 5.75 Å². The van der Waals surface area contributed by atoms with Crippen LogP contribution in [-0.4, -0.2) is 33.3 Å². The number of nitrogens with zero attached hydrogens (tertiary/aromatic N) is 1. The molecule has 5 heteroatoms. The molecule has 0 spiro atoms. The molecule has 0 aliphatic carbocycles. The van der Waals surface area contributed by atoms with Crippen LogP contribution in [0.1, 0.15) is 12.5 Å². The second-order valence-corrected chi connectivity index (χ2v) is 4.51.